The van der Waals surface area contributed by atoms with Crippen LogP contribution in [0, 0.1) is 19.8 Å². The lowest BCUT2D eigenvalue weighted by atomic mass is 9.93. The van der Waals surface area contributed by atoms with Crippen molar-refractivity contribution in [3.05, 3.63) is 101 Å². The number of carbonyl (C=O) groups is 3. The van der Waals surface area contributed by atoms with E-state index in [9.17, 15) is 19.5 Å². The van der Waals surface area contributed by atoms with Gasteiger partial charge in [-0.15, -0.1) is 0 Å². The van der Waals surface area contributed by atoms with Gasteiger partial charge in [0.15, 0.2) is 0 Å². The number of hydrogen-bond acceptors (Lipinski definition) is 5. The van der Waals surface area contributed by atoms with Crippen LogP contribution in [0.25, 0.3) is 11.1 Å². The van der Waals surface area contributed by atoms with Crippen LogP contribution >= 0.6 is 0 Å². The Morgan fingerprint density at radius 1 is 1.04 bits per heavy atom. The van der Waals surface area contributed by atoms with E-state index in [4.69, 9.17) is 4.74 Å². The number of carboxylic acid groups (broad SMARTS) is 1. The number of anilines is 1. The summed E-state index contributed by atoms with van der Waals surface area (Å²) in [7, 11) is 0. The second-order valence-corrected chi connectivity index (χ2v) is 13.1. The van der Waals surface area contributed by atoms with Gasteiger partial charge < -0.3 is 20.1 Å². The van der Waals surface area contributed by atoms with Crippen LogP contribution in [-0.2, 0) is 22.6 Å². The number of carbonyl (C=O) groups excluding carboxylic acids is 2. The quantitative estimate of drug-likeness (QED) is 0.143. The van der Waals surface area contributed by atoms with Crippen molar-refractivity contribution < 1.29 is 24.2 Å². The van der Waals surface area contributed by atoms with Gasteiger partial charge in [-0.05, 0) is 97.5 Å². The Kier molecular flexibility index (Phi) is 11.3. The first-order chi connectivity index (χ1) is 23.1. The van der Waals surface area contributed by atoms with Crippen molar-refractivity contribution in [2.75, 3.05) is 18.1 Å². The Bertz CT molecular complexity index is 1760. The molecule has 0 fully saturated rings. The monoisotopic (exact) mass is 650 g/mol. The standard InChI is InChI=1S/C39H46N4O5/c1-26(2)20-32(22-38(45)46)41-39(47)30-12-6-11-29(21-30)24-42-25-31(23-40-42)33-13-7-15-35-34(33)14-8-18-43(35)37(44)17-9-19-48-36-16-5-10-27(3)28(36)4/h5-7,10-13,15-16,21,23,25-26,32H,8-9,14,17-20,22,24H2,1-4H3,(H,41,47)(H,45,46). The fourth-order valence-corrected chi connectivity index (χ4v) is 6.40. The first-order valence-electron chi connectivity index (χ1n) is 16.8. The summed E-state index contributed by atoms with van der Waals surface area (Å²) < 4.78 is 7.83. The number of nitrogens with one attached hydrogen (secondary N) is 1. The lowest BCUT2D eigenvalue weighted by Gasteiger charge is -2.31. The van der Waals surface area contributed by atoms with Crippen molar-refractivity contribution in [3.8, 4) is 16.9 Å². The van der Waals surface area contributed by atoms with Crippen LogP contribution in [0.4, 0.5) is 5.69 Å². The van der Waals surface area contributed by atoms with Crippen molar-refractivity contribution in [3.63, 3.8) is 0 Å². The number of benzene rings is 3. The van der Waals surface area contributed by atoms with Crippen LogP contribution in [0.5, 0.6) is 5.75 Å². The number of hydrogen-bond donors (Lipinski definition) is 2. The minimum atomic E-state index is -0.932. The van der Waals surface area contributed by atoms with E-state index in [1.807, 2.05) is 78.3 Å². The number of aromatic nitrogens is 2. The molecule has 1 aliphatic rings. The molecular weight excluding hydrogens is 604 g/mol. The molecule has 1 aliphatic heterocycles. The summed E-state index contributed by atoms with van der Waals surface area (Å²) in [6, 6.07) is 19.1. The largest absolute Gasteiger partial charge is 0.493 e. The van der Waals surface area contributed by atoms with Gasteiger partial charge in [0, 0.05) is 42.0 Å². The van der Waals surface area contributed by atoms with Crippen molar-refractivity contribution >= 4 is 23.5 Å². The Morgan fingerprint density at radius 2 is 1.83 bits per heavy atom. The molecular formula is C39H46N4O5. The predicted octanol–water partition coefficient (Wildman–Crippen LogP) is 6.97. The highest BCUT2D eigenvalue weighted by molar-refractivity contribution is 5.96. The summed E-state index contributed by atoms with van der Waals surface area (Å²) in [6.45, 7) is 9.79. The molecule has 3 aromatic carbocycles. The summed E-state index contributed by atoms with van der Waals surface area (Å²) >= 11 is 0. The van der Waals surface area contributed by atoms with Crippen LogP contribution < -0.4 is 15.0 Å². The SMILES string of the molecule is Cc1cccc(OCCCC(=O)N2CCCc3c(-c4cnn(Cc5cccc(C(=O)NC(CC(=O)O)CC(C)C)c5)c4)cccc32)c1C. The third kappa shape index (κ3) is 8.70. The van der Waals surface area contributed by atoms with Gasteiger partial charge in [-0.2, -0.15) is 5.10 Å². The molecule has 9 nitrogen and oxygen atoms in total. The Balaban J connectivity index is 1.23. The minimum Gasteiger partial charge on any atom is -0.493 e. The van der Waals surface area contributed by atoms with Gasteiger partial charge in [-0.1, -0.05) is 50.2 Å². The molecule has 0 radical (unpaired) electrons. The summed E-state index contributed by atoms with van der Waals surface area (Å²) in [5.74, 6) is 0.0211. The van der Waals surface area contributed by atoms with Crippen LogP contribution in [0.1, 0.15) is 78.6 Å². The van der Waals surface area contributed by atoms with Crippen LogP contribution in [-0.4, -0.2) is 51.9 Å². The molecule has 0 saturated heterocycles. The average molecular weight is 651 g/mol. The molecule has 4 aromatic rings. The Hall–Kier alpha value is -4.92. The highest BCUT2D eigenvalue weighted by Crippen LogP contribution is 2.36. The first kappa shape index (κ1) is 34.4. The number of carboxylic acids is 1. The number of aliphatic carboxylic acids is 1. The highest BCUT2D eigenvalue weighted by Gasteiger charge is 2.25. The van der Waals surface area contributed by atoms with Gasteiger partial charge in [-0.25, -0.2) is 0 Å². The van der Waals surface area contributed by atoms with Crippen molar-refractivity contribution in [1.29, 1.82) is 0 Å². The van der Waals surface area contributed by atoms with E-state index < -0.39 is 12.0 Å². The van der Waals surface area contributed by atoms with Gasteiger partial charge >= 0.3 is 5.97 Å². The Labute approximate surface area is 282 Å². The van der Waals surface area contributed by atoms with Gasteiger partial charge in [0.2, 0.25) is 5.91 Å². The number of nitrogens with zero attached hydrogens (tertiary/aromatic N) is 3. The average Bonchev–Trinajstić information content (AvgIpc) is 3.51. The zero-order valence-electron chi connectivity index (χ0n) is 28.4. The first-order valence-corrected chi connectivity index (χ1v) is 16.8. The minimum absolute atomic E-state index is 0.107. The Morgan fingerprint density at radius 3 is 2.62 bits per heavy atom. The van der Waals surface area contributed by atoms with Crippen LogP contribution in [0.15, 0.2) is 73.1 Å². The smallest absolute Gasteiger partial charge is 0.305 e. The topological polar surface area (TPSA) is 114 Å². The van der Waals surface area contributed by atoms with E-state index in [2.05, 4.69) is 36.4 Å². The molecule has 5 rings (SSSR count). The molecule has 0 spiro atoms. The number of ether oxygens (including phenoxy) is 1. The predicted molar refractivity (Wildman–Crippen MR) is 187 cm³/mol. The fourth-order valence-electron chi connectivity index (χ4n) is 6.40. The second kappa shape index (κ2) is 15.8. The fraction of sp³-hybridized carbons (Fsp3) is 0.385. The lowest BCUT2D eigenvalue weighted by Crippen LogP contribution is -2.37. The highest BCUT2D eigenvalue weighted by atomic mass is 16.5. The number of fused-ring (bicyclic) bond motifs is 1. The van der Waals surface area contributed by atoms with E-state index in [0.29, 0.717) is 44.5 Å². The van der Waals surface area contributed by atoms with Gasteiger partial charge in [0.1, 0.15) is 5.75 Å². The van der Waals surface area contributed by atoms with Gasteiger partial charge in [-0.3, -0.25) is 19.1 Å². The molecule has 2 heterocycles. The van der Waals surface area contributed by atoms with Crippen molar-refractivity contribution in [2.24, 2.45) is 5.92 Å². The van der Waals surface area contributed by atoms with E-state index >= 15 is 0 Å². The molecule has 1 atom stereocenters. The zero-order valence-corrected chi connectivity index (χ0v) is 28.4. The van der Waals surface area contributed by atoms with E-state index in [-0.39, 0.29) is 24.2 Å². The van der Waals surface area contributed by atoms with Gasteiger partial charge in [0.05, 0.1) is 25.8 Å². The maximum atomic E-state index is 13.4. The summed E-state index contributed by atoms with van der Waals surface area (Å²) in [5.41, 5.74) is 7.87. The third-order valence-corrected chi connectivity index (χ3v) is 8.89. The molecule has 2 amide bonds. The number of rotatable bonds is 14. The van der Waals surface area contributed by atoms with Crippen LogP contribution in [0.2, 0.25) is 0 Å². The maximum absolute atomic E-state index is 13.4. The van der Waals surface area contributed by atoms with Crippen molar-refractivity contribution in [2.45, 2.75) is 78.8 Å². The molecule has 9 heteroatoms. The zero-order chi connectivity index (χ0) is 34.2. The van der Waals surface area contributed by atoms with Gasteiger partial charge in [0.25, 0.3) is 5.91 Å². The molecule has 0 saturated carbocycles. The van der Waals surface area contributed by atoms with Crippen LogP contribution in [0.3, 0.4) is 0 Å². The number of aryl methyl sites for hydroxylation is 1. The third-order valence-electron chi connectivity index (χ3n) is 8.89. The summed E-state index contributed by atoms with van der Waals surface area (Å²) in [6.07, 6.45) is 7.16. The van der Waals surface area contributed by atoms with Crippen molar-refractivity contribution in [1.82, 2.24) is 15.1 Å². The van der Waals surface area contributed by atoms with E-state index in [1.165, 1.54) is 5.56 Å². The van der Waals surface area contributed by atoms with E-state index in [0.717, 1.165) is 52.1 Å². The lowest BCUT2D eigenvalue weighted by molar-refractivity contribution is -0.137. The number of amides is 2. The normalized spacial score (nSPS) is 13.2. The molecule has 48 heavy (non-hydrogen) atoms. The molecule has 1 unspecified atom stereocenters. The molecule has 252 valence electrons. The summed E-state index contributed by atoms with van der Waals surface area (Å²) in [4.78, 5) is 39.6. The maximum Gasteiger partial charge on any atom is 0.305 e. The molecule has 0 bridgehead atoms. The second-order valence-electron chi connectivity index (χ2n) is 13.1. The molecule has 1 aromatic heterocycles. The summed E-state index contributed by atoms with van der Waals surface area (Å²) in [5, 5.41) is 16.8. The molecule has 2 N–H and O–H groups in total. The molecule has 0 aliphatic carbocycles. The van der Waals surface area contributed by atoms with E-state index in [1.54, 1.807) is 6.07 Å².